The summed E-state index contributed by atoms with van der Waals surface area (Å²) >= 11 is 0. The van der Waals surface area contributed by atoms with Gasteiger partial charge in [-0.05, 0) is 35.7 Å². The summed E-state index contributed by atoms with van der Waals surface area (Å²) in [7, 11) is -3.33. The van der Waals surface area contributed by atoms with E-state index in [0.29, 0.717) is 17.5 Å². The van der Waals surface area contributed by atoms with Crippen LogP contribution in [0.25, 0.3) is 22.0 Å². The lowest BCUT2D eigenvalue weighted by molar-refractivity contribution is 0.0341. The third kappa shape index (κ3) is 5.31. The van der Waals surface area contributed by atoms with Gasteiger partial charge in [0, 0.05) is 67.6 Å². The second kappa shape index (κ2) is 9.68. The molecule has 0 unspecified atom stereocenters. The van der Waals surface area contributed by atoms with E-state index >= 15 is 0 Å². The number of H-pyrrole nitrogens is 1. The molecule has 11 heteroatoms. The Kier molecular flexibility index (Phi) is 6.46. The van der Waals surface area contributed by atoms with Crippen LogP contribution in [0.15, 0.2) is 53.5 Å². The first-order valence-corrected chi connectivity index (χ1v) is 13.3. The standard InChI is InChI=1S/C24H26N6O4S/c1-35(32,33)22-5-3-19(14-26-22)27-24(31)23-20-11-17(2-4-21(20)28-29-23)18-10-16(12-25-13-18)15-30-6-8-34-9-7-30/h2,4,10-14H,3,5-9,15H2,1H3,(H,27,31)(H,28,29). The summed E-state index contributed by atoms with van der Waals surface area (Å²) < 4.78 is 28.7. The molecule has 1 amide bonds. The van der Waals surface area contributed by atoms with Gasteiger partial charge in [-0.1, -0.05) is 6.07 Å². The Morgan fingerprint density at radius 2 is 1.97 bits per heavy atom. The Bertz CT molecular complexity index is 1440. The van der Waals surface area contributed by atoms with Gasteiger partial charge in [0.2, 0.25) is 0 Å². The normalized spacial score (nSPS) is 17.2. The number of fused-ring (bicyclic) bond motifs is 1. The van der Waals surface area contributed by atoms with Gasteiger partial charge in [0.25, 0.3) is 5.91 Å². The smallest absolute Gasteiger partial charge is 0.276 e. The van der Waals surface area contributed by atoms with Crippen LogP contribution in [0.2, 0.25) is 0 Å². The maximum absolute atomic E-state index is 13.0. The number of aromatic amines is 1. The van der Waals surface area contributed by atoms with E-state index in [1.807, 2.05) is 30.6 Å². The van der Waals surface area contributed by atoms with Crippen molar-refractivity contribution in [1.82, 2.24) is 25.4 Å². The number of amides is 1. The lowest BCUT2D eigenvalue weighted by Gasteiger charge is -2.26. The van der Waals surface area contributed by atoms with Crippen molar-refractivity contribution >= 4 is 31.7 Å². The van der Waals surface area contributed by atoms with Gasteiger partial charge in [-0.2, -0.15) is 5.10 Å². The molecule has 2 aliphatic rings. The molecule has 3 aromatic rings. The number of rotatable bonds is 5. The van der Waals surface area contributed by atoms with Gasteiger partial charge in [-0.15, -0.1) is 0 Å². The minimum absolute atomic E-state index is 0.120. The largest absolute Gasteiger partial charge is 0.379 e. The maximum Gasteiger partial charge on any atom is 0.276 e. The van der Waals surface area contributed by atoms with E-state index in [1.165, 1.54) is 6.20 Å². The van der Waals surface area contributed by atoms with Crippen molar-refractivity contribution in [3.63, 3.8) is 0 Å². The first-order chi connectivity index (χ1) is 16.9. The number of sulfone groups is 1. The first-order valence-electron chi connectivity index (χ1n) is 11.4. The van der Waals surface area contributed by atoms with Gasteiger partial charge in [0.15, 0.2) is 15.5 Å². The van der Waals surface area contributed by atoms with Gasteiger partial charge in [-0.25, -0.2) is 13.4 Å². The number of ether oxygens (including phenoxy) is 1. The Morgan fingerprint density at radius 3 is 2.71 bits per heavy atom. The average Bonchev–Trinajstić information content (AvgIpc) is 3.28. The van der Waals surface area contributed by atoms with Gasteiger partial charge >= 0.3 is 0 Å². The van der Waals surface area contributed by atoms with Crippen LogP contribution in [0, 0.1) is 0 Å². The summed E-state index contributed by atoms with van der Waals surface area (Å²) in [5.41, 5.74) is 4.57. The fourth-order valence-electron chi connectivity index (χ4n) is 4.22. The molecule has 0 bridgehead atoms. The van der Waals surface area contributed by atoms with E-state index in [1.54, 1.807) is 0 Å². The molecule has 0 radical (unpaired) electrons. The van der Waals surface area contributed by atoms with E-state index in [-0.39, 0.29) is 23.1 Å². The molecule has 1 fully saturated rings. The fourth-order valence-corrected chi connectivity index (χ4v) is 4.93. The Hall–Kier alpha value is -3.41. The molecule has 0 aliphatic carbocycles. The molecule has 0 saturated carbocycles. The topological polar surface area (TPSA) is 130 Å². The van der Waals surface area contributed by atoms with Crippen LogP contribution in [0.1, 0.15) is 28.9 Å². The maximum atomic E-state index is 13.0. The molecule has 0 atom stereocenters. The number of carbonyl (C=O) groups excluding carboxylic acids is 1. The highest BCUT2D eigenvalue weighted by atomic mass is 32.2. The van der Waals surface area contributed by atoms with Gasteiger partial charge in [0.05, 0.1) is 18.7 Å². The number of carbonyl (C=O) groups is 1. The van der Waals surface area contributed by atoms with Crippen molar-refractivity contribution in [2.24, 2.45) is 4.99 Å². The summed E-state index contributed by atoms with van der Waals surface area (Å²) in [4.78, 5) is 23.7. The number of allylic oxidation sites excluding steroid dienone is 1. The van der Waals surface area contributed by atoms with Gasteiger partial charge < -0.3 is 10.1 Å². The number of hydrogen-bond donors (Lipinski definition) is 2. The minimum Gasteiger partial charge on any atom is -0.379 e. The van der Waals surface area contributed by atoms with Crippen molar-refractivity contribution in [2.75, 3.05) is 32.6 Å². The summed E-state index contributed by atoms with van der Waals surface area (Å²) in [5, 5.41) is 10.7. The quantitative estimate of drug-likeness (QED) is 0.556. The highest BCUT2D eigenvalue weighted by molar-refractivity contribution is 8.05. The number of aliphatic imine (C=N–C) groups is 1. The summed E-state index contributed by atoms with van der Waals surface area (Å²) in [6, 6.07) is 7.92. The monoisotopic (exact) mass is 494 g/mol. The van der Waals surface area contributed by atoms with E-state index in [2.05, 4.69) is 36.5 Å². The molecule has 0 spiro atoms. The van der Waals surface area contributed by atoms with Crippen molar-refractivity contribution in [3.8, 4) is 11.1 Å². The molecule has 4 heterocycles. The second-order valence-corrected chi connectivity index (χ2v) is 10.7. The lowest BCUT2D eigenvalue weighted by atomic mass is 10.0. The van der Waals surface area contributed by atoms with Crippen LogP contribution in [-0.4, -0.2) is 72.0 Å². The molecular weight excluding hydrogens is 468 g/mol. The zero-order valence-corrected chi connectivity index (χ0v) is 20.1. The fraction of sp³-hybridized carbons (Fsp3) is 0.333. The number of pyridine rings is 1. The van der Waals surface area contributed by atoms with Crippen LogP contribution in [-0.2, 0) is 21.1 Å². The lowest BCUT2D eigenvalue weighted by Crippen LogP contribution is -2.35. The summed E-state index contributed by atoms with van der Waals surface area (Å²) in [6.45, 7) is 4.11. The van der Waals surface area contributed by atoms with Crippen LogP contribution in [0.5, 0.6) is 0 Å². The Morgan fingerprint density at radius 1 is 1.14 bits per heavy atom. The van der Waals surface area contributed by atoms with E-state index in [9.17, 15) is 13.2 Å². The third-order valence-electron chi connectivity index (χ3n) is 6.09. The number of benzene rings is 1. The molecule has 35 heavy (non-hydrogen) atoms. The SMILES string of the molecule is CS(=O)(=O)C1=NC=C(NC(=O)c2n[nH]c3ccc(-c4cncc(CN5CCOCC5)c4)cc23)CC1. The van der Waals surface area contributed by atoms with Crippen molar-refractivity contribution < 1.29 is 17.9 Å². The van der Waals surface area contributed by atoms with E-state index in [0.717, 1.165) is 61.3 Å². The predicted molar refractivity (Wildman–Crippen MR) is 132 cm³/mol. The highest BCUT2D eigenvalue weighted by Crippen LogP contribution is 2.26. The number of nitrogens with one attached hydrogen (secondary N) is 2. The van der Waals surface area contributed by atoms with Crippen LogP contribution < -0.4 is 5.32 Å². The molecule has 5 rings (SSSR count). The molecule has 2 aliphatic heterocycles. The highest BCUT2D eigenvalue weighted by Gasteiger charge is 2.21. The van der Waals surface area contributed by atoms with Crippen molar-refractivity contribution in [3.05, 3.63) is 59.8 Å². The molecule has 2 N–H and O–H groups in total. The molecule has 10 nitrogen and oxygen atoms in total. The minimum atomic E-state index is -3.33. The predicted octanol–water partition coefficient (Wildman–Crippen LogP) is 2.27. The number of hydrogen-bond acceptors (Lipinski definition) is 8. The van der Waals surface area contributed by atoms with Gasteiger partial charge in [0.1, 0.15) is 5.04 Å². The summed E-state index contributed by atoms with van der Waals surface area (Å²) in [5.74, 6) is -0.378. The number of aromatic nitrogens is 3. The Balaban J connectivity index is 1.37. The van der Waals surface area contributed by atoms with Crippen molar-refractivity contribution in [1.29, 1.82) is 0 Å². The van der Waals surface area contributed by atoms with Crippen LogP contribution >= 0.6 is 0 Å². The first kappa shape index (κ1) is 23.3. The average molecular weight is 495 g/mol. The Labute approximate surface area is 203 Å². The number of morpholine rings is 1. The third-order valence-corrected chi connectivity index (χ3v) is 7.26. The number of nitrogens with zero attached hydrogens (tertiary/aromatic N) is 4. The van der Waals surface area contributed by atoms with E-state index < -0.39 is 9.84 Å². The van der Waals surface area contributed by atoms with E-state index in [4.69, 9.17) is 4.74 Å². The second-order valence-electron chi connectivity index (χ2n) is 8.71. The molecular formula is C24H26N6O4S. The molecule has 1 saturated heterocycles. The zero-order chi connectivity index (χ0) is 24.4. The van der Waals surface area contributed by atoms with Crippen LogP contribution in [0.4, 0.5) is 0 Å². The van der Waals surface area contributed by atoms with Crippen molar-refractivity contribution in [2.45, 2.75) is 19.4 Å². The molecule has 182 valence electrons. The van der Waals surface area contributed by atoms with Gasteiger partial charge in [-0.3, -0.25) is 19.8 Å². The van der Waals surface area contributed by atoms with Crippen LogP contribution in [0.3, 0.4) is 0 Å². The molecule has 2 aromatic heterocycles. The zero-order valence-electron chi connectivity index (χ0n) is 19.3. The summed E-state index contributed by atoms with van der Waals surface area (Å²) in [6.07, 6.45) is 6.85. The molecule has 1 aromatic carbocycles.